The molecule has 1 N–H and O–H groups in total. The molecule has 25 heavy (non-hydrogen) atoms. The average Bonchev–Trinajstić information content (AvgIpc) is 2.91. The van der Waals surface area contributed by atoms with Crippen LogP contribution in [0.15, 0.2) is 18.2 Å². The van der Waals surface area contributed by atoms with E-state index in [9.17, 15) is 14.4 Å². The summed E-state index contributed by atoms with van der Waals surface area (Å²) in [6, 6.07) is 5.57. The average molecular weight is 345 g/mol. The van der Waals surface area contributed by atoms with E-state index in [1.165, 1.54) is 0 Å². The molecule has 3 rings (SSSR count). The van der Waals surface area contributed by atoms with E-state index in [2.05, 4.69) is 5.32 Å². The van der Waals surface area contributed by atoms with E-state index in [-0.39, 0.29) is 31.0 Å². The number of nitrogens with one attached hydrogen (secondary N) is 1. The zero-order valence-corrected chi connectivity index (χ0v) is 14.6. The monoisotopic (exact) mass is 345 g/mol. The zero-order valence-electron chi connectivity index (χ0n) is 14.6. The van der Waals surface area contributed by atoms with E-state index < -0.39 is 6.03 Å². The van der Waals surface area contributed by atoms with Gasteiger partial charge in [-0.2, -0.15) is 0 Å². The minimum Gasteiger partial charge on any atom is -0.490 e. The van der Waals surface area contributed by atoms with Gasteiger partial charge in [0.15, 0.2) is 0 Å². The Hall–Kier alpha value is -2.57. The smallest absolute Gasteiger partial charge is 0.325 e. The molecule has 2 saturated heterocycles. The Morgan fingerprint density at radius 1 is 1.20 bits per heavy atom. The SMILES string of the molecule is Cc1cccc(C)c1OC1CCN(C(=O)CN2C(=O)CNC2=O)CC1. The number of amides is 4. The number of hydrogen-bond donors (Lipinski definition) is 1. The summed E-state index contributed by atoms with van der Waals surface area (Å²) in [7, 11) is 0. The molecule has 134 valence electrons. The van der Waals surface area contributed by atoms with Crippen LogP contribution in [-0.4, -0.2) is 59.9 Å². The molecule has 0 radical (unpaired) electrons. The summed E-state index contributed by atoms with van der Waals surface area (Å²) in [5.74, 6) is 0.370. The lowest BCUT2D eigenvalue weighted by molar-refractivity contribution is -0.137. The first-order valence-corrected chi connectivity index (χ1v) is 8.54. The lowest BCUT2D eigenvalue weighted by Crippen LogP contribution is -2.47. The first kappa shape index (κ1) is 17.3. The second-order valence-corrected chi connectivity index (χ2v) is 6.56. The molecule has 0 aliphatic carbocycles. The van der Waals surface area contributed by atoms with Crippen LogP contribution in [-0.2, 0) is 9.59 Å². The maximum absolute atomic E-state index is 12.3. The molecular weight excluding hydrogens is 322 g/mol. The van der Waals surface area contributed by atoms with Crippen molar-refractivity contribution in [3.05, 3.63) is 29.3 Å². The Morgan fingerprint density at radius 3 is 2.40 bits per heavy atom. The molecule has 7 nitrogen and oxygen atoms in total. The minimum absolute atomic E-state index is 0.0300. The maximum atomic E-state index is 12.3. The molecule has 0 atom stereocenters. The van der Waals surface area contributed by atoms with Crippen molar-refractivity contribution in [1.29, 1.82) is 0 Å². The molecule has 0 aromatic heterocycles. The molecule has 4 amide bonds. The van der Waals surface area contributed by atoms with E-state index in [1.807, 2.05) is 32.0 Å². The predicted molar refractivity (Wildman–Crippen MR) is 91.3 cm³/mol. The third kappa shape index (κ3) is 3.75. The number of ether oxygens (including phenoxy) is 1. The Morgan fingerprint density at radius 2 is 1.84 bits per heavy atom. The summed E-state index contributed by atoms with van der Waals surface area (Å²) in [5.41, 5.74) is 2.22. The topological polar surface area (TPSA) is 79.0 Å². The van der Waals surface area contributed by atoms with Crippen LogP contribution in [0.1, 0.15) is 24.0 Å². The molecule has 2 aliphatic rings. The highest BCUT2D eigenvalue weighted by Crippen LogP contribution is 2.26. The number of piperidine rings is 1. The van der Waals surface area contributed by atoms with Gasteiger partial charge in [-0.1, -0.05) is 18.2 Å². The quantitative estimate of drug-likeness (QED) is 0.833. The van der Waals surface area contributed by atoms with Gasteiger partial charge < -0.3 is 15.0 Å². The van der Waals surface area contributed by atoms with Gasteiger partial charge in [0.2, 0.25) is 5.91 Å². The molecule has 2 aliphatic heterocycles. The minimum atomic E-state index is -0.494. The van der Waals surface area contributed by atoms with Crippen molar-refractivity contribution >= 4 is 17.8 Å². The molecule has 2 heterocycles. The van der Waals surface area contributed by atoms with Gasteiger partial charge in [0.05, 0.1) is 6.54 Å². The van der Waals surface area contributed by atoms with Gasteiger partial charge in [0.1, 0.15) is 18.4 Å². The largest absolute Gasteiger partial charge is 0.490 e. The van der Waals surface area contributed by atoms with Gasteiger partial charge >= 0.3 is 6.03 Å². The van der Waals surface area contributed by atoms with E-state index >= 15 is 0 Å². The van der Waals surface area contributed by atoms with Crippen LogP contribution >= 0.6 is 0 Å². The lowest BCUT2D eigenvalue weighted by Gasteiger charge is -2.33. The van der Waals surface area contributed by atoms with Crippen LogP contribution in [0.4, 0.5) is 4.79 Å². The molecule has 0 bridgehead atoms. The van der Waals surface area contributed by atoms with Crippen molar-refractivity contribution < 1.29 is 19.1 Å². The van der Waals surface area contributed by atoms with Gasteiger partial charge in [-0.15, -0.1) is 0 Å². The van der Waals surface area contributed by atoms with Crippen molar-refractivity contribution in [2.24, 2.45) is 0 Å². The molecule has 2 fully saturated rings. The van der Waals surface area contributed by atoms with Gasteiger partial charge in [-0.25, -0.2) is 4.79 Å². The summed E-state index contributed by atoms with van der Waals surface area (Å²) < 4.78 is 6.15. The Kier molecular flexibility index (Phi) is 4.92. The number of aryl methyl sites for hydroxylation is 2. The molecule has 0 saturated carbocycles. The summed E-state index contributed by atoms with van der Waals surface area (Å²) in [4.78, 5) is 38.1. The number of likely N-dealkylation sites (tertiary alicyclic amines) is 1. The van der Waals surface area contributed by atoms with Crippen LogP contribution < -0.4 is 10.1 Å². The number of carbonyl (C=O) groups excluding carboxylic acids is 3. The highest BCUT2D eigenvalue weighted by molar-refractivity contribution is 6.04. The fourth-order valence-electron chi connectivity index (χ4n) is 3.23. The number of nitrogens with zero attached hydrogens (tertiary/aromatic N) is 2. The molecule has 7 heteroatoms. The van der Waals surface area contributed by atoms with Gasteiger partial charge in [-0.05, 0) is 25.0 Å². The van der Waals surface area contributed by atoms with Crippen molar-refractivity contribution in [1.82, 2.24) is 15.1 Å². The maximum Gasteiger partial charge on any atom is 0.325 e. The van der Waals surface area contributed by atoms with E-state index in [0.29, 0.717) is 13.1 Å². The first-order valence-electron chi connectivity index (χ1n) is 8.54. The number of carbonyl (C=O) groups is 3. The number of para-hydroxylation sites is 1. The van der Waals surface area contributed by atoms with Crippen LogP contribution in [0.25, 0.3) is 0 Å². The Bertz CT molecular complexity index is 659. The molecule has 0 spiro atoms. The van der Waals surface area contributed by atoms with Crippen LogP contribution in [0, 0.1) is 13.8 Å². The fraction of sp³-hybridized carbons (Fsp3) is 0.500. The zero-order chi connectivity index (χ0) is 18.0. The predicted octanol–water partition coefficient (Wildman–Crippen LogP) is 1.23. The molecule has 0 unspecified atom stereocenters. The first-order chi connectivity index (χ1) is 12.0. The number of hydrogen-bond acceptors (Lipinski definition) is 4. The number of rotatable bonds is 4. The second kappa shape index (κ2) is 7.13. The second-order valence-electron chi connectivity index (χ2n) is 6.56. The van der Waals surface area contributed by atoms with E-state index in [0.717, 1.165) is 34.6 Å². The Balaban J connectivity index is 1.52. The van der Waals surface area contributed by atoms with Crippen molar-refractivity contribution in [3.63, 3.8) is 0 Å². The van der Waals surface area contributed by atoms with Crippen LogP contribution in [0.3, 0.4) is 0 Å². The van der Waals surface area contributed by atoms with Crippen LogP contribution in [0.2, 0.25) is 0 Å². The summed E-state index contributed by atoms with van der Waals surface area (Å²) in [6.45, 7) is 4.97. The number of benzene rings is 1. The summed E-state index contributed by atoms with van der Waals surface area (Å²) in [6.07, 6.45) is 1.54. The van der Waals surface area contributed by atoms with Crippen molar-refractivity contribution in [2.75, 3.05) is 26.2 Å². The van der Waals surface area contributed by atoms with Gasteiger partial charge in [0.25, 0.3) is 5.91 Å². The molecule has 1 aromatic rings. The van der Waals surface area contributed by atoms with Gasteiger partial charge in [-0.3, -0.25) is 14.5 Å². The standard InChI is InChI=1S/C18H23N3O4/c1-12-4-3-5-13(2)17(12)25-14-6-8-20(9-7-14)16(23)11-21-15(22)10-19-18(21)24/h3-5,14H,6-11H2,1-2H3,(H,19,24). The summed E-state index contributed by atoms with van der Waals surface area (Å²) >= 11 is 0. The lowest BCUT2D eigenvalue weighted by atomic mass is 10.1. The summed E-state index contributed by atoms with van der Waals surface area (Å²) in [5, 5.41) is 2.42. The number of urea groups is 1. The Labute approximate surface area is 146 Å². The third-order valence-electron chi connectivity index (χ3n) is 4.72. The molecule has 1 aromatic carbocycles. The normalized spacial score (nSPS) is 18.5. The van der Waals surface area contributed by atoms with E-state index in [1.54, 1.807) is 4.90 Å². The fourth-order valence-corrected chi connectivity index (χ4v) is 3.23. The molecular formula is C18H23N3O4. The number of imide groups is 1. The third-order valence-corrected chi connectivity index (χ3v) is 4.72. The van der Waals surface area contributed by atoms with E-state index in [4.69, 9.17) is 4.74 Å². The van der Waals surface area contributed by atoms with Crippen LogP contribution in [0.5, 0.6) is 5.75 Å². The highest BCUT2D eigenvalue weighted by atomic mass is 16.5. The van der Waals surface area contributed by atoms with Crippen molar-refractivity contribution in [3.8, 4) is 5.75 Å². The highest BCUT2D eigenvalue weighted by Gasteiger charge is 2.33. The van der Waals surface area contributed by atoms with Crippen molar-refractivity contribution in [2.45, 2.75) is 32.8 Å². The van der Waals surface area contributed by atoms with Gasteiger partial charge in [0, 0.05) is 25.9 Å².